The fraction of sp³-hybridized carbons (Fsp3) is 0.292. The van der Waals surface area contributed by atoms with Crippen LogP contribution in [0.4, 0.5) is 13.2 Å². The van der Waals surface area contributed by atoms with Crippen LogP contribution in [-0.2, 0) is 6.18 Å². The molecule has 0 aliphatic heterocycles. The molecule has 1 aromatic carbocycles. The number of carbonyl (C=O) groups is 1. The van der Waals surface area contributed by atoms with Gasteiger partial charge in [0.25, 0.3) is 5.91 Å². The quantitative estimate of drug-likeness (QED) is 0.376. The molecule has 0 unspecified atom stereocenters. The third kappa shape index (κ3) is 6.54. The monoisotopic (exact) mass is 445 g/mol. The molecule has 0 fully saturated rings. The van der Waals surface area contributed by atoms with Crippen LogP contribution in [0.15, 0.2) is 72.5 Å². The maximum Gasteiger partial charge on any atom is 0.417 e. The summed E-state index contributed by atoms with van der Waals surface area (Å²) in [6.45, 7) is 9.57. The average molecular weight is 445 g/mol. The molecule has 0 bridgehead atoms. The Balaban J connectivity index is 2.15. The highest BCUT2D eigenvalue weighted by atomic mass is 19.4. The summed E-state index contributed by atoms with van der Waals surface area (Å²) in [5.41, 5.74) is 1.05. The van der Waals surface area contributed by atoms with E-state index in [2.05, 4.69) is 16.6 Å². The molecule has 0 saturated heterocycles. The molecule has 1 heterocycles. The van der Waals surface area contributed by atoms with E-state index in [1.54, 1.807) is 35.4 Å². The molecule has 0 aliphatic carbocycles. The standard InChI is InChI=1S/C24H26F3N3O2/c1-5-7-14-28-18(4)20-10-8-9-11-21(20)23(31)30(6-2)17(3)16-32-22-13-12-19(15-29-22)24(25,26)27/h5,7-15,17H,1,6,16H2,2-4H3/b14-7-,28-18+/t17-/m0/s1. The highest BCUT2D eigenvalue weighted by Gasteiger charge is 2.31. The summed E-state index contributed by atoms with van der Waals surface area (Å²) >= 11 is 0. The zero-order valence-electron chi connectivity index (χ0n) is 18.3. The summed E-state index contributed by atoms with van der Waals surface area (Å²) in [7, 11) is 0. The second-order valence-corrected chi connectivity index (χ2v) is 6.97. The molecule has 0 spiro atoms. The molecule has 5 nitrogen and oxygen atoms in total. The first-order valence-corrected chi connectivity index (χ1v) is 10.1. The fourth-order valence-corrected chi connectivity index (χ4v) is 3.01. The first kappa shape index (κ1) is 24.8. The van der Waals surface area contributed by atoms with Crippen molar-refractivity contribution in [2.24, 2.45) is 4.99 Å². The Labute approximate surface area is 186 Å². The number of aliphatic imine (C=N–C) groups is 1. The molecule has 2 aromatic rings. The predicted octanol–water partition coefficient (Wildman–Crippen LogP) is 5.54. The number of alkyl halides is 3. The molecule has 0 N–H and O–H groups in total. The third-order valence-electron chi connectivity index (χ3n) is 4.71. The van der Waals surface area contributed by atoms with Gasteiger partial charge < -0.3 is 9.64 Å². The lowest BCUT2D eigenvalue weighted by atomic mass is 10.0. The van der Waals surface area contributed by atoms with Crippen LogP contribution in [0.1, 0.15) is 42.3 Å². The van der Waals surface area contributed by atoms with Crippen molar-refractivity contribution in [3.8, 4) is 5.88 Å². The topological polar surface area (TPSA) is 54.8 Å². The van der Waals surface area contributed by atoms with Gasteiger partial charge in [0.15, 0.2) is 0 Å². The summed E-state index contributed by atoms with van der Waals surface area (Å²) in [5, 5.41) is 0. The van der Waals surface area contributed by atoms with Gasteiger partial charge in [-0.05, 0) is 39.0 Å². The Morgan fingerprint density at radius 1 is 1.25 bits per heavy atom. The lowest BCUT2D eigenvalue weighted by Gasteiger charge is -2.28. The first-order valence-electron chi connectivity index (χ1n) is 10.1. The first-order chi connectivity index (χ1) is 15.2. The van der Waals surface area contributed by atoms with Crippen LogP contribution in [-0.4, -0.2) is 40.7 Å². The number of nitrogens with zero attached hydrogens (tertiary/aromatic N) is 3. The second kappa shape index (κ2) is 11.3. The number of rotatable bonds is 9. The molecular weight excluding hydrogens is 419 g/mol. The Kier molecular flexibility index (Phi) is 8.75. The minimum absolute atomic E-state index is 0.0609. The summed E-state index contributed by atoms with van der Waals surface area (Å²) in [6, 6.07) is 8.92. The van der Waals surface area contributed by atoms with E-state index in [-0.39, 0.29) is 24.4 Å². The van der Waals surface area contributed by atoms with Gasteiger partial charge in [0, 0.05) is 41.8 Å². The summed E-state index contributed by atoms with van der Waals surface area (Å²) in [5.74, 6) is -0.132. The fourth-order valence-electron chi connectivity index (χ4n) is 3.01. The molecule has 1 aromatic heterocycles. The van der Waals surface area contributed by atoms with Crippen LogP contribution in [0.5, 0.6) is 5.88 Å². The number of hydrogen-bond acceptors (Lipinski definition) is 4. The van der Waals surface area contributed by atoms with Gasteiger partial charge in [0.1, 0.15) is 6.61 Å². The number of benzene rings is 1. The molecule has 32 heavy (non-hydrogen) atoms. The van der Waals surface area contributed by atoms with E-state index < -0.39 is 11.7 Å². The number of aromatic nitrogens is 1. The van der Waals surface area contributed by atoms with Crippen LogP contribution >= 0.6 is 0 Å². The molecule has 8 heteroatoms. The van der Waals surface area contributed by atoms with Gasteiger partial charge in [-0.15, -0.1) is 0 Å². The number of allylic oxidation sites excluding steroid dienone is 2. The van der Waals surface area contributed by atoms with Crippen molar-refractivity contribution in [3.63, 3.8) is 0 Å². The SMILES string of the molecule is C=C/C=C\N=C(/C)c1ccccc1C(=O)N(CC)[C@@H](C)COc1ccc(C(F)(F)F)cn1. The Bertz CT molecular complexity index is 983. The van der Waals surface area contributed by atoms with Crippen molar-refractivity contribution in [3.05, 3.63) is 84.2 Å². The molecule has 0 radical (unpaired) electrons. The minimum atomic E-state index is -4.46. The zero-order valence-corrected chi connectivity index (χ0v) is 18.3. The van der Waals surface area contributed by atoms with E-state index in [1.807, 2.05) is 32.9 Å². The number of pyridine rings is 1. The third-order valence-corrected chi connectivity index (χ3v) is 4.71. The maximum atomic E-state index is 13.3. The number of carbonyl (C=O) groups excluding carboxylic acids is 1. The molecule has 0 saturated carbocycles. The van der Waals surface area contributed by atoms with E-state index in [4.69, 9.17) is 4.74 Å². The molecule has 2 rings (SSSR count). The molecule has 170 valence electrons. The highest BCUT2D eigenvalue weighted by Crippen LogP contribution is 2.29. The van der Waals surface area contributed by atoms with E-state index in [1.165, 1.54) is 6.07 Å². The number of amides is 1. The van der Waals surface area contributed by atoms with Crippen LogP contribution in [0.25, 0.3) is 0 Å². The Morgan fingerprint density at radius 3 is 2.50 bits per heavy atom. The van der Waals surface area contributed by atoms with E-state index in [0.29, 0.717) is 23.4 Å². The normalized spacial score (nSPS) is 13.1. The lowest BCUT2D eigenvalue weighted by molar-refractivity contribution is -0.137. The van der Waals surface area contributed by atoms with Crippen molar-refractivity contribution in [2.45, 2.75) is 33.0 Å². The second-order valence-electron chi connectivity index (χ2n) is 6.97. The zero-order chi connectivity index (χ0) is 23.7. The van der Waals surface area contributed by atoms with Gasteiger partial charge in [-0.1, -0.05) is 30.9 Å². The Hall–Kier alpha value is -3.42. The van der Waals surface area contributed by atoms with E-state index in [9.17, 15) is 18.0 Å². The summed E-state index contributed by atoms with van der Waals surface area (Å²) < 4.78 is 43.5. The predicted molar refractivity (Wildman–Crippen MR) is 119 cm³/mol. The van der Waals surface area contributed by atoms with Gasteiger partial charge in [-0.2, -0.15) is 13.2 Å². The maximum absolute atomic E-state index is 13.3. The van der Waals surface area contributed by atoms with Crippen LogP contribution in [0.2, 0.25) is 0 Å². The van der Waals surface area contributed by atoms with Gasteiger partial charge in [0.2, 0.25) is 5.88 Å². The van der Waals surface area contributed by atoms with E-state index in [0.717, 1.165) is 12.3 Å². The van der Waals surface area contributed by atoms with Crippen molar-refractivity contribution >= 4 is 11.6 Å². The van der Waals surface area contributed by atoms with Gasteiger partial charge >= 0.3 is 6.18 Å². The van der Waals surface area contributed by atoms with E-state index >= 15 is 0 Å². The number of halogens is 3. The molecule has 0 aliphatic rings. The molecule has 1 amide bonds. The largest absolute Gasteiger partial charge is 0.475 e. The Morgan fingerprint density at radius 2 is 1.94 bits per heavy atom. The highest BCUT2D eigenvalue weighted by molar-refractivity contribution is 6.09. The molecule has 1 atom stereocenters. The van der Waals surface area contributed by atoms with Gasteiger partial charge in [0.05, 0.1) is 11.6 Å². The number of ether oxygens (including phenoxy) is 1. The van der Waals surface area contributed by atoms with Crippen LogP contribution < -0.4 is 4.74 Å². The van der Waals surface area contributed by atoms with Crippen LogP contribution in [0.3, 0.4) is 0 Å². The summed E-state index contributed by atoms with van der Waals surface area (Å²) in [4.78, 5) is 23.0. The van der Waals surface area contributed by atoms with Crippen molar-refractivity contribution < 1.29 is 22.7 Å². The molecular formula is C24H26F3N3O2. The minimum Gasteiger partial charge on any atom is -0.475 e. The number of likely N-dealkylation sites (N-methyl/N-ethyl adjacent to an activating group) is 1. The van der Waals surface area contributed by atoms with Crippen molar-refractivity contribution in [2.75, 3.05) is 13.2 Å². The van der Waals surface area contributed by atoms with Crippen molar-refractivity contribution in [1.82, 2.24) is 9.88 Å². The lowest BCUT2D eigenvalue weighted by Crippen LogP contribution is -2.42. The average Bonchev–Trinajstić information content (AvgIpc) is 2.78. The van der Waals surface area contributed by atoms with Crippen LogP contribution in [0, 0.1) is 0 Å². The van der Waals surface area contributed by atoms with Gasteiger partial charge in [-0.3, -0.25) is 9.79 Å². The van der Waals surface area contributed by atoms with Gasteiger partial charge in [-0.25, -0.2) is 4.98 Å². The smallest absolute Gasteiger partial charge is 0.417 e. The number of hydrogen-bond donors (Lipinski definition) is 0. The van der Waals surface area contributed by atoms with Crippen molar-refractivity contribution in [1.29, 1.82) is 0 Å². The summed E-state index contributed by atoms with van der Waals surface area (Å²) in [6.07, 6.45) is 1.18.